The molecule has 2 rings (SSSR count). The minimum absolute atomic E-state index is 0.0648. The van der Waals surface area contributed by atoms with Crippen molar-refractivity contribution in [3.63, 3.8) is 0 Å². The monoisotopic (exact) mass is 223 g/mol. The summed E-state index contributed by atoms with van der Waals surface area (Å²) in [6, 6.07) is 4.95. The van der Waals surface area contributed by atoms with Crippen LogP contribution in [-0.2, 0) is 0 Å². The first kappa shape index (κ1) is 11.4. The van der Waals surface area contributed by atoms with Gasteiger partial charge in [0.15, 0.2) is 0 Å². The van der Waals surface area contributed by atoms with Gasteiger partial charge in [0.1, 0.15) is 5.82 Å². The SMILES string of the molecule is Cc1cc(F)cc(N[C@@H]2CCCC[C@H]2O)c1. The van der Waals surface area contributed by atoms with Crippen molar-refractivity contribution in [3.05, 3.63) is 29.6 Å². The lowest BCUT2D eigenvalue weighted by atomic mass is 9.92. The quantitative estimate of drug-likeness (QED) is 0.808. The summed E-state index contributed by atoms with van der Waals surface area (Å²) < 4.78 is 13.2. The number of anilines is 1. The molecule has 2 N–H and O–H groups in total. The summed E-state index contributed by atoms with van der Waals surface area (Å²) >= 11 is 0. The van der Waals surface area contributed by atoms with E-state index < -0.39 is 0 Å². The molecule has 0 heterocycles. The lowest BCUT2D eigenvalue weighted by Gasteiger charge is -2.29. The standard InChI is InChI=1S/C13H18FNO/c1-9-6-10(14)8-11(7-9)15-12-4-2-3-5-13(12)16/h6-8,12-13,15-16H,2-5H2,1H3/t12-,13-/m1/s1. The molecule has 0 spiro atoms. The van der Waals surface area contributed by atoms with Gasteiger partial charge in [-0.2, -0.15) is 0 Å². The zero-order valence-corrected chi connectivity index (χ0v) is 9.54. The van der Waals surface area contributed by atoms with Crippen LogP contribution in [0.2, 0.25) is 0 Å². The normalized spacial score (nSPS) is 25.4. The van der Waals surface area contributed by atoms with Gasteiger partial charge in [0.2, 0.25) is 0 Å². The van der Waals surface area contributed by atoms with E-state index in [-0.39, 0.29) is 18.0 Å². The van der Waals surface area contributed by atoms with E-state index in [0.29, 0.717) is 0 Å². The first-order valence-corrected chi connectivity index (χ1v) is 5.87. The van der Waals surface area contributed by atoms with Crippen LogP contribution in [0.4, 0.5) is 10.1 Å². The third-order valence-electron chi connectivity index (χ3n) is 3.12. The topological polar surface area (TPSA) is 32.3 Å². The third kappa shape index (κ3) is 2.73. The maximum Gasteiger partial charge on any atom is 0.125 e. The zero-order chi connectivity index (χ0) is 11.5. The smallest absolute Gasteiger partial charge is 0.125 e. The lowest BCUT2D eigenvalue weighted by molar-refractivity contribution is 0.116. The Bertz CT molecular complexity index is 347. The molecular formula is C13H18FNO. The fourth-order valence-electron chi connectivity index (χ4n) is 2.31. The van der Waals surface area contributed by atoms with Crippen LogP contribution in [0, 0.1) is 12.7 Å². The third-order valence-corrected chi connectivity index (χ3v) is 3.12. The Labute approximate surface area is 95.5 Å². The summed E-state index contributed by atoms with van der Waals surface area (Å²) in [5.74, 6) is -0.229. The fourth-order valence-corrected chi connectivity index (χ4v) is 2.31. The van der Waals surface area contributed by atoms with Crippen LogP contribution < -0.4 is 5.32 Å². The van der Waals surface area contributed by atoms with E-state index in [2.05, 4.69) is 5.32 Å². The Kier molecular flexibility index (Phi) is 3.44. The Morgan fingerprint density at radius 1 is 1.25 bits per heavy atom. The number of hydrogen-bond acceptors (Lipinski definition) is 2. The van der Waals surface area contributed by atoms with Gasteiger partial charge in [-0.1, -0.05) is 12.8 Å². The highest BCUT2D eigenvalue weighted by atomic mass is 19.1. The van der Waals surface area contributed by atoms with Gasteiger partial charge in [-0.3, -0.25) is 0 Å². The Balaban J connectivity index is 2.07. The van der Waals surface area contributed by atoms with Crippen LogP contribution in [0.5, 0.6) is 0 Å². The number of aliphatic hydroxyl groups is 1. The van der Waals surface area contributed by atoms with E-state index in [1.54, 1.807) is 0 Å². The minimum Gasteiger partial charge on any atom is -0.391 e. The van der Waals surface area contributed by atoms with E-state index in [1.165, 1.54) is 12.1 Å². The maximum atomic E-state index is 13.2. The largest absolute Gasteiger partial charge is 0.391 e. The van der Waals surface area contributed by atoms with Crippen molar-refractivity contribution >= 4 is 5.69 Å². The number of nitrogens with one attached hydrogen (secondary N) is 1. The molecule has 2 nitrogen and oxygen atoms in total. The molecule has 0 radical (unpaired) electrons. The van der Waals surface area contributed by atoms with Gasteiger partial charge in [-0.25, -0.2) is 4.39 Å². The van der Waals surface area contributed by atoms with E-state index >= 15 is 0 Å². The second kappa shape index (κ2) is 4.83. The molecule has 2 atom stereocenters. The molecule has 0 amide bonds. The Morgan fingerprint density at radius 3 is 2.69 bits per heavy atom. The first-order valence-electron chi connectivity index (χ1n) is 5.87. The van der Waals surface area contributed by atoms with Crippen LogP contribution in [0.15, 0.2) is 18.2 Å². The lowest BCUT2D eigenvalue weighted by Crippen LogP contribution is -2.36. The van der Waals surface area contributed by atoms with Crippen molar-refractivity contribution in [3.8, 4) is 0 Å². The predicted molar refractivity (Wildman–Crippen MR) is 63.0 cm³/mol. The number of halogens is 1. The molecule has 3 heteroatoms. The van der Waals surface area contributed by atoms with Crippen LogP contribution in [0.3, 0.4) is 0 Å². The second-order valence-electron chi connectivity index (χ2n) is 4.62. The van der Waals surface area contributed by atoms with Crippen molar-refractivity contribution in [1.82, 2.24) is 0 Å². The number of aliphatic hydroxyl groups excluding tert-OH is 1. The predicted octanol–water partition coefficient (Wildman–Crippen LogP) is 2.85. The summed E-state index contributed by atoms with van der Waals surface area (Å²) in [6.07, 6.45) is 3.70. The van der Waals surface area contributed by atoms with Crippen LogP contribution >= 0.6 is 0 Å². The van der Waals surface area contributed by atoms with Crippen LogP contribution in [0.25, 0.3) is 0 Å². The van der Waals surface area contributed by atoms with Gasteiger partial charge in [0, 0.05) is 5.69 Å². The fraction of sp³-hybridized carbons (Fsp3) is 0.538. The molecule has 88 valence electrons. The highest BCUT2D eigenvalue weighted by molar-refractivity contribution is 5.47. The van der Waals surface area contributed by atoms with E-state index in [9.17, 15) is 9.50 Å². The van der Waals surface area contributed by atoms with Crippen molar-refractivity contribution in [2.45, 2.75) is 44.8 Å². The van der Waals surface area contributed by atoms with Gasteiger partial charge >= 0.3 is 0 Å². The summed E-state index contributed by atoms with van der Waals surface area (Å²) in [5, 5.41) is 13.0. The van der Waals surface area contributed by atoms with E-state index in [1.807, 2.05) is 13.0 Å². The first-order chi connectivity index (χ1) is 7.65. The van der Waals surface area contributed by atoms with Crippen molar-refractivity contribution in [2.75, 3.05) is 5.32 Å². The summed E-state index contributed by atoms with van der Waals surface area (Å²) in [6.45, 7) is 1.87. The van der Waals surface area contributed by atoms with Crippen LogP contribution in [-0.4, -0.2) is 17.3 Å². The Morgan fingerprint density at radius 2 is 2.00 bits per heavy atom. The number of rotatable bonds is 2. The van der Waals surface area contributed by atoms with Gasteiger partial charge in [0.05, 0.1) is 12.1 Å². The molecule has 1 aromatic carbocycles. The Hall–Kier alpha value is -1.09. The molecule has 0 aliphatic heterocycles. The highest BCUT2D eigenvalue weighted by Gasteiger charge is 2.22. The van der Waals surface area contributed by atoms with Crippen molar-refractivity contribution in [1.29, 1.82) is 0 Å². The molecule has 1 aromatic rings. The number of benzene rings is 1. The zero-order valence-electron chi connectivity index (χ0n) is 9.54. The molecule has 0 aromatic heterocycles. The molecular weight excluding hydrogens is 205 g/mol. The molecule has 1 fully saturated rings. The van der Waals surface area contributed by atoms with Gasteiger partial charge in [-0.15, -0.1) is 0 Å². The average Bonchev–Trinajstić information content (AvgIpc) is 2.20. The number of hydrogen-bond donors (Lipinski definition) is 2. The van der Waals surface area contributed by atoms with E-state index in [0.717, 1.165) is 36.9 Å². The van der Waals surface area contributed by atoms with Crippen molar-refractivity contribution in [2.24, 2.45) is 0 Å². The summed E-state index contributed by atoms with van der Waals surface area (Å²) in [7, 11) is 0. The van der Waals surface area contributed by atoms with Gasteiger partial charge < -0.3 is 10.4 Å². The maximum absolute atomic E-state index is 13.2. The number of aryl methyl sites for hydroxylation is 1. The molecule has 16 heavy (non-hydrogen) atoms. The molecule has 1 aliphatic carbocycles. The molecule has 0 unspecified atom stereocenters. The molecule has 0 bridgehead atoms. The second-order valence-corrected chi connectivity index (χ2v) is 4.62. The average molecular weight is 223 g/mol. The van der Waals surface area contributed by atoms with Gasteiger partial charge in [0.25, 0.3) is 0 Å². The highest BCUT2D eigenvalue weighted by Crippen LogP contribution is 2.23. The minimum atomic E-state index is -0.308. The van der Waals surface area contributed by atoms with Crippen molar-refractivity contribution < 1.29 is 9.50 Å². The van der Waals surface area contributed by atoms with Gasteiger partial charge in [-0.05, 0) is 43.5 Å². The van der Waals surface area contributed by atoms with Crippen LogP contribution in [0.1, 0.15) is 31.2 Å². The molecule has 0 saturated heterocycles. The van der Waals surface area contributed by atoms with E-state index in [4.69, 9.17) is 0 Å². The molecule has 1 aliphatic rings. The summed E-state index contributed by atoms with van der Waals surface area (Å²) in [5.41, 5.74) is 1.66. The molecule has 1 saturated carbocycles. The summed E-state index contributed by atoms with van der Waals surface area (Å²) in [4.78, 5) is 0.